The molecule has 5 nitrogen and oxygen atoms in total. The molecule has 2 rings (SSSR count). The van der Waals surface area contributed by atoms with Crippen LogP contribution >= 0.6 is 0 Å². The Morgan fingerprint density at radius 1 is 1.17 bits per heavy atom. The number of fused-ring (bicyclic) bond motifs is 1. The smallest absolute Gasteiger partial charge is 0.308 e. The van der Waals surface area contributed by atoms with E-state index in [1.807, 2.05) is 34.6 Å². The van der Waals surface area contributed by atoms with Crippen molar-refractivity contribution in [2.45, 2.75) is 53.1 Å². The number of methoxy groups -OCH3 is 1. The van der Waals surface area contributed by atoms with Gasteiger partial charge in [-0.1, -0.05) is 20.8 Å². The van der Waals surface area contributed by atoms with E-state index in [1.54, 1.807) is 19.4 Å². The van der Waals surface area contributed by atoms with E-state index < -0.39 is 5.97 Å². The zero-order valence-electron chi connectivity index (χ0n) is 14.8. The summed E-state index contributed by atoms with van der Waals surface area (Å²) in [5.74, 6) is 1.14. The topological polar surface area (TPSA) is 57.9 Å². The quantitative estimate of drug-likeness (QED) is 0.615. The van der Waals surface area contributed by atoms with Gasteiger partial charge in [0.1, 0.15) is 5.75 Å². The van der Waals surface area contributed by atoms with Crippen molar-refractivity contribution >= 4 is 16.9 Å². The first-order chi connectivity index (χ1) is 10.7. The highest BCUT2D eigenvalue weighted by molar-refractivity contribution is 5.95. The Balaban J connectivity index is 2.93. The number of hydrogen-bond donors (Lipinski definition) is 0. The lowest BCUT2D eigenvalue weighted by Crippen LogP contribution is -2.19. The summed E-state index contributed by atoms with van der Waals surface area (Å²) in [6.07, 6.45) is 1.48. The van der Waals surface area contributed by atoms with Gasteiger partial charge in [-0.2, -0.15) is 0 Å². The largest absolute Gasteiger partial charge is 0.490 e. The van der Waals surface area contributed by atoms with Crippen molar-refractivity contribution in [1.82, 2.24) is 0 Å². The number of furan rings is 1. The van der Waals surface area contributed by atoms with E-state index in [-0.39, 0.29) is 11.5 Å². The summed E-state index contributed by atoms with van der Waals surface area (Å²) in [6.45, 7) is 11.4. The first-order valence-electron chi connectivity index (χ1n) is 7.63. The molecule has 1 aromatic carbocycles. The second kappa shape index (κ2) is 6.14. The van der Waals surface area contributed by atoms with E-state index in [4.69, 9.17) is 18.6 Å². The third kappa shape index (κ3) is 3.28. The summed E-state index contributed by atoms with van der Waals surface area (Å²) < 4.78 is 22.7. The van der Waals surface area contributed by atoms with Gasteiger partial charge in [0.15, 0.2) is 11.3 Å². The van der Waals surface area contributed by atoms with Crippen LogP contribution in [-0.4, -0.2) is 19.2 Å². The van der Waals surface area contributed by atoms with Crippen molar-refractivity contribution in [2.75, 3.05) is 7.11 Å². The van der Waals surface area contributed by atoms with Crippen molar-refractivity contribution in [3.8, 4) is 17.2 Å². The van der Waals surface area contributed by atoms with Gasteiger partial charge in [0.25, 0.3) is 0 Å². The highest BCUT2D eigenvalue weighted by atomic mass is 16.5. The third-order valence-electron chi connectivity index (χ3n) is 3.33. The minimum Gasteiger partial charge on any atom is -0.490 e. The highest BCUT2D eigenvalue weighted by Crippen LogP contribution is 2.51. The molecule has 0 unspecified atom stereocenters. The second-order valence-electron chi connectivity index (χ2n) is 6.74. The average molecular weight is 320 g/mol. The van der Waals surface area contributed by atoms with Crippen molar-refractivity contribution in [2.24, 2.45) is 0 Å². The molecule has 0 amide bonds. The summed E-state index contributed by atoms with van der Waals surface area (Å²) in [5, 5.41) is 0.693. The average Bonchev–Trinajstić information content (AvgIpc) is 2.85. The number of benzene rings is 1. The molecule has 0 aliphatic carbocycles. The van der Waals surface area contributed by atoms with Gasteiger partial charge in [0.2, 0.25) is 5.75 Å². The molecule has 0 radical (unpaired) electrons. The molecule has 126 valence electrons. The zero-order valence-corrected chi connectivity index (χ0v) is 14.8. The first kappa shape index (κ1) is 17.2. The van der Waals surface area contributed by atoms with Crippen LogP contribution in [0, 0.1) is 0 Å². The fraction of sp³-hybridized carbons (Fsp3) is 0.500. The van der Waals surface area contributed by atoms with Gasteiger partial charge in [-0.05, 0) is 25.3 Å². The van der Waals surface area contributed by atoms with Crippen LogP contribution in [0.1, 0.15) is 47.1 Å². The van der Waals surface area contributed by atoms with Crippen LogP contribution in [0.4, 0.5) is 0 Å². The van der Waals surface area contributed by atoms with E-state index in [0.29, 0.717) is 28.2 Å². The molecule has 0 aliphatic rings. The van der Waals surface area contributed by atoms with Gasteiger partial charge < -0.3 is 18.6 Å². The van der Waals surface area contributed by atoms with Crippen LogP contribution in [0.5, 0.6) is 17.2 Å². The Morgan fingerprint density at radius 2 is 1.83 bits per heavy atom. The number of carbonyl (C=O) groups is 1. The Bertz CT molecular complexity index is 719. The molecule has 0 saturated heterocycles. The molecule has 1 heterocycles. The van der Waals surface area contributed by atoms with Crippen LogP contribution < -0.4 is 14.2 Å². The maximum atomic E-state index is 11.6. The SMILES string of the molecule is COc1c(OC(C)C)c(C(C)(C)C)c(OC(C)=O)c2ccoc12. The maximum Gasteiger partial charge on any atom is 0.308 e. The van der Waals surface area contributed by atoms with Gasteiger partial charge in [0.05, 0.1) is 24.9 Å². The van der Waals surface area contributed by atoms with Crippen LogP contribution in [0.15, 0.2) is 16.7 Å². The third-order valence-corrected chi connectivity index (χ3v) is 3.33. The summed E-state index contributed by atoms with van der Waals surface area (Å²) in [6, 6.07) is 1.77. The molecule has 0 N–H and O–H groups in total. The zero-order chi connectivity index (χ0) is 17.4. The Kier molecular flexibility index (Phi) is 4.59. The predicted molar refractivity (Wildman–Crippen MR) is 88.5 cm³/mol. The molecule has 5 heteroatoms. The van der Waals surface area contributed by atoms with Crippen molar-refractivity contribution in [1.29, 1.82) is 0 Å². The van der Waals surface area contributed by atoms with E-state index in [1.165, 1.54) is 6.92 Å². The molecule has 2 aromatic rings. The first-order valence-corrected chi connectivity index (χ1v) is 7.63. The van der Waals surface area contributed by atoms with Crippen molar-refractivity contribution in [3.05, 3.63) is 17.9 Å². The summed E-state index contributed by atoms with van der Waals surface area (Å²) in [5.41, 5.74) is 0.966. The van der Waals surface area contributed by atoms with E-state index >= 15 is 0 Å². The summed E-state index contributed by atoms with van der Waals surface area (Å²) >= 11 is 0. The molecular weight excluding hydrogens is 296 g/mol. The van der Waals surface area contributed by atoms with E-state index in [0.717, 1.165) is 5.56 Å². The molecule has 0 atom stereocenters. The number of hydrogen-bond acceptors (Lipinski definition) is 5. The lowest BCUT2D eigenvalue weighted by atomic mass is 9.84. The minimum absolute atomic E-state index is 0.0670. The van der Waals surface area contributed by atoms with E-state index in [9.17, 15) is 4.79 Å². The predicted octanol–water partition coefficient (Wildman–Crippen LogP) is 4.45. The number of ether oxygens (including phenoxy) is 3. The Hall–Kier alpha value is -2.17. The lowest BCUT2D eigenvalue weighted by molar-refractivity contribution is -0.131. The van der Waals surface area contributed by atoms with Gasteiger partial charge >= 0.3 is 5.97 Å². The molecule has 0 spiro atoms. The van der Waals surface area contributed by atoms with Gasteiger partial charge in [-0.25, -0.2) is 0 Å². The highest BCUT2D eigenvalue weighted by Gasteiger charge is 2.32. The standard InChI is InChI=1S/C18H24O5/c1-10(2)22-16-13(18(4,5)6)14(23-11(3)19)12-8-9-21-15(12)17(16)20-7/h8-10H,1-7H3. The maximum absolute atomic E-state index is 11.6. The lowest BCUT2D eigenvalue weighted by Gasteiger charge is -2.28. The molecule has 0 fully saturated rings. The van der Waals surface area contributed by atoms with Gasteiger partial charge in [-0.15, -0.1) is 0 Å². The molecule has 1 aromatic heterocycles. The number of carbonyl (C=O) groups excluding carboxylic acids is 1. The molecule has 0 aliphatic heterocycles. The Morgan fingerprint density at radius 3 is 2.30 bits per heavy atom. The van der Waals surface area contributed by atoms with Crippen LogP contribution in [0.2, 0.25) is 0 Å². The van der Waals surface area contributed by atoms with Crippen LogP contribution in [-0.2, 0) is 10.2 Å². The molecule has 0 saturated carbocycles. The van der Waals surface area contributed by atoms with Crippen LogP contribution in [0.25, 0.3) is 11.0 Å². The van der Waals surface area contributed by atoms with Gasteiger partial charge in [-0.3, -0.25) is 4.79 Å². The normalized spacial score (nSPS) is 11.8. The van der Waals surface area contributed by atoms with Gasteiger partial charge in [0, 0.05) is 12.5 Å². The fourth-order valence-corrected chi connectivity index (χ4v) is 2.58. The molecule has 23 heavy (non-hydrogen) atoms. The van der Waals surface area contributed by atoms with Crippen LogP contribution in [0.3, 0.4) is 0 Å². The summed E-state index contributed by atoms with van der Waals surface area (Å²) in [4.78, 5) is 11.6. The number of rotatable bonds is 4. The van der Waals surface area contributed by atoms with Crippen molar-refractivity contribution in [3.63, 3.8) is 0 Å². The number of esters is 1. The fourth-order valence-electron chi connectivity index (χ4n) is 2.58. The molecule has 0 bridgehead atoms. The van der Waals surface area contributed by atoms with E-state index in [2.05, 4.69) is 0 Å². The molecular formula is C18H24O5. The Labute approximate surface area is 136 Å². The minimum atomic E-state index is -0.390. The summed E-state index contributed by atoms with van der Waals surface area (Å²) in [7, 11) is 1.57. The second-order valence-corrected chi connectivity index (χ2v) is 6.74. The monoisotopic (exact) mass is 320 g/mol. The van der Waals surface area contributed by atoms with Crippen molar-refractivity contribution < 1.29 is 23.4 Å².